The Bertz CT molecular complexity index is 352. The van der Waals surface area contributed by atoms with Crippen LogP contribution >= 0.6 is 11.8 Å². The van der Waals surface area contributed by atoms with Crippen molar-refractivity contribution in [1.82, 2.24) is 9.97 Å². The first kappa shape index (κ1) is 15.0. The van der Waals surface area contributed by atoms with E-state index in [-0.39, 0.29) is 12.6 Å². The smallest absolute Gasteiger partial charge is 0.191 e. The number of aliphatic hydroxyl groups is 1. The molecule has 18 heavy (non-hydrogen) atoms. The van der Waals surface area contributed by atoms with E-state index in [1.807, 2.05) is 6.26 Å². The Balaban J connectivity index is 2.87. The predicted molar refractivity (Wildman–Crippen MR) is 75.6 cm³/mol. The van der Waals surface area contributed by atoms with Crippen molar-refractivity contribution < 1.29 is 5.11 Å². The van der Waals surface area contributed by atoms with Crippen LogP contribution in [-0.2, 0) is 0 Å². The van der Waals surface area contributed by atoms with E-state index in [1.165, 1.54) is 11.8 Å². The first-order chi connectivity index (χ1) is 8.60. The number of aliphatic hydroxyl groups excluding tert-OH is 1. The Morgan fingerprint density at radius 3 is 2.56 bits per heavy atom. The monoisotopic (exact) mass is 271 g/mol. The van der Waals surface area contributed by atoms with Gasteiger partial charge in [-0.15, -0.1) is 0 Å². The summed E-state index contributed by atoms with van der Waals surface area (Å²) in [7, 11) is 0. The van der Waals surface area contributed by atoms with Gasteiger partial charge in [0.1, 0.15) is 11.6 Å². The molecule has 0 aliphatic heterocycles. The van der Waals surface area contributed by atoms with Gasteiger partial charge >= 0.3 is 0 Å². The average Bonchev–Trinajstić information content (AvgIpc) is 2.37. The number of nitrogen functional groups attached to an aromatic ring is 1. The van der Waals surface area contributed by atoms with Crippen LogP contribution in [0.15, 0.2) is 11.2 Å². The predicted octanol–water partition coefficient (Wildman–Crippen LogP) is 1.30. The van der Waals surface area contributed by atoms with Crippen LogP contribution < -0.4 is 16.6 Å². The van der Waals surface area contributed by atoms with Crippen LogP contribution in [0.4, 0.5) is 11.6 Å². The Hall–Kier alpha value is -1.05. The fourth-order valence-corrected chi connectivity index (χ4v) is 1.94. The van der Waals surface area contributed by atoms with Gasteiger partial charge in [0, 0.05) is 18.7 Å². The van der Waals surface area contributed by atoms with Crippen LogP contribution in [0.2, 0.25) is 0 Å². The molecule has 1 atom stereocenters. The van der Waals surface area contributed by atoms with Crippen molar-refractivity contribution >= 4 is 23.4 Å². The van der Waals surface area contributed by atoms with Crippen molar-refractivity contribution in [2.75, 3.05) is 23.6 Å². The van der Waals surface area contributed by atoms with Crippen molar-refractivity contribution in [2.45, 2.75) is 31.5 Å². The molecule has 5 N–H and O–H groups in total. The van der Waals surface area contributed by atoms with Crippen LogP contribution in [0.3, 0.4) is 0 Å². The van der Waals surface area contributed by atoms with E-state index in [9.17, 15) is 0 Å². The lowest BCUT2D eigenvalue weighted by Crippen LogP contribution is -2.27. The highest BCUT2D eigenvalue weighted by Gasteiger charge is 2.14. The molecule has 0 spiro atoms. The first-order valence-corrected chi connectivity index (χ1v) is 7.10. The van der Waals surface area contributed by atoms with E-state index in [2.05, 4.69) is 34.6 Å². The van der Waals surface area contributed by atoms with E-state index in [4.69, 9.17) is 10.9 Å². The van der Waals surface area contributed by atoms with Crippen molar-refractivity contribution in [1.29, 1.82) is 0 Å². The molecule has 0 amide bonds. The second kappa shape index (κ2) is 7.40. The zero-order chi connectivity index (χ0) is 13.5. The Kier molecular flexibility index (Phi) is 6.17. The largest absolute Gasteiger partial charge is 0.396 e. The van der Waals surface area contributed by atoms with Gasteiger partial charge in [0.25, 0.3) is 0 Å². The second-order valence-corrected chi connectivity index (χ2v) is 5.05. The number of hydrogen-bond donors (Lipinski definition) is 4. The molecule has 0 radical (unpaired) electrons. The van der Waals surface area contributed by atoms with E-state index in [0.717, 1.165) is 5.82 Å². The van der Waals surface area contributed by atoms with E-state index < -0.39 is 0 Å². The molecule has 0 aliphatic carbocycles. The molecule has 102 valence electrons. The fraction of sp³-hybridized carbons (Fsp3) is 0.636. The average molecular weight is 271 g/mol. The third-order valence-electron chi connectivity index (χ3n) is 2.61. The highest BCUT2D eigenvalue weighted by atomic mass is 32.2. The minimum Gasteiger partial charge on any atom is -0.396 e. The third kappa shape index (κ3) is 4.32. The van der Waals surface area contributed by atoms with E-state index >= 15 is 0 Å². The SMILES string of the molecule is CSc1nc(NN)cc(NC(CCO)C(C)C)n1. The van der Waals surface area contributed by atoms with Gasteiger partial charge in [-0.05, 0) is 18.6 Å². The van der Waals surface area contributed by atoms with E-state index in [1.54, 1.807) is 6.07 Å². The first-order valence-electron chi connectivity index (χ1n) is 5.87. The van der Waals surface area contributed by atoms with Crippen molar-refractivity contribution in [2.24, 2.45) is 11.8 Å². The van der Waals surface area contributed by atoms with Gasteiger partial charge in [-0.2, -0.15) is 0 Å². The lowest BCUT2D eigenvalue weighted by molar-refractivity contribution is 0.267. The summed E-state index contributed by atoms with van der Waals surface area (Å²) in [6.07, 6.45) is 2.59. The molecule has 0 bridgehead atoms. The number of hydrogen-bond acceptors (Lipinski definition) is 7. The Labute approximate surface area is 112 Å². The zero-order valence-corrected chi connectivity index (χ0v) is 11.8. The van der Waals surface area contributed by atoms with Crippen LogP contribution in [-0.4, -0.2) is 34.0 Å². The van der Waals surface area contributed by atoms with Gasteiger partial charge in [-0.3, -0.25) is 0 Å². The van der Waals surface area contributed by atoms with Gasteiger partial charge in [0.15, 0.2) is 5.16 Å². The summed E-state index contributed by atoms with van der Waals surface area (Å²) in [6, 6.07) is 1.93. The molecule has 0 aliphatic rings. The molecule has 1 aromatic rings. The molecule has 1 unspecified atom stereocenters. The highest BCUT2D eigenvalue weighted by Crippen LogP contribution is 2.19. The van der Waals surface area contributed by atoms with Crippen molar-refractivity contribution in [3.8, 4) is 0 Å². The summed E-state index contributed by atoms with van der Waals surface area (Å²) in [4.78, 5) is 8.56. The quantitative estimate of drug-likeness (QED) is 0.257. The molecule has 0 fully saturated rings. The number of hydrazine groups is 1. The molecule has 6 nitrogen and oxygen atoms in total. The van der Waals surface area contributed by atoms with Gasteiger partial charge in [0.05, 0.1) is 0 Å². The zero-order valence-electron chi connectivity index (χ0n) is 11.0. The molecular formula is C11H21N5OS. The number of nitrogens with two attached hydrogens (primary N) is 1. The number of rotatable bonds is 7. The maximum Gasteiger partial charge on any atom is 0.191 e. The topological polar surface area (TPSA) is 96.1 Å². The maximum atomic E-state index is 9.06. The van der Waals surface area contributed by atoms with Crippen LogP contribution in [0.1, 0.15) is 20.3 Å². The number of nitrogens with one attached hydrogen (secondary N) is 2. The van der Waals surface area contributed by atoms with Gasteiger partial charge in [-0.1, -0.05) is 25.6 Å². The molecule has 1 heterocycles. The lowest BCUT2D eigenvalue weighted by atomic mass is 10.0. The second-order valence-electron chi connectivity index (χ2n) is 4.28. The molecule has 7 heteroatoms. The van der Waals surface area contributed by atoms with E-state index in [0.29, 0.717) is 23.3 Å². The Morgan fingerprint density at radius 1 is 1.39 bits per heavy atom. The number of aromatic nitrogens is 2. The normalized spacial score (nSPS) is 12.6. The molecule has 1 aromatic heterocycles. The summed E-state index contributed by atoms with van der Waals surface area (Å²) in [5, 5.41) is 13.0. The molecule has 1 rings (SSSR count). The summed E-state index contributed by atoms with van der Waals surface area (Å²) in [5.74, 6) is 7.07. The summed E-state index contributed by atoms with van der Waals surface area (Å²) < 4.78 is 0. The summed E-state index contributed by atoms with van der Waals surface area (Å²) >= 11 is 1.45. The standard InChI is InChI=1S/C11H21N5OS/c1-7(2)8(4-5-17)13-9-6-10(16-12)15-11(14-9)18-3/h6-8,17H,4-5,12H2,1-3H3,(H2,13,14,15,16). The van der Waals surface area contributed by atoms with Crippen LogP contribution in [0.25, 0.3) is 0 Å². The molecule has 0 aromatic carbocycles. The minimum absolute atomic E-state index is 0.151. The van der Waals surface area contributed by atoms with Gasteiger partial charge in [-0.25, -0.2) is 15.8 Å². The molecular weight excluding hydrogens is 250 g/mol. The molecule has 0 saturated heterocycles. The molecule has 0 saturated carbocycles. The summed E-state index contributed by atoms with van der Waals surface area (Å²) in [5.41, 5.74) is 2.52. The van der Waals surface area contributed by atoms with Crippen LogP contribution in [0.5, 0.6) is 0 Å². The Morgan fingerprint density at radius 2 is 2.06 bits per heavy atom. The van der Waals surface area contributed by atoms with Crippen LogP contribution in [0, 0.1) is 5.92 Å². The summed E-state index contributed by atoms with van der Waals surface area (Å²) in [6.45, 7) is 4.36. The van der Waals surface area contributed by atoms with Crippen molar-refractivity contribution in [3.05, 3.63) is 6.07 Å². The number of anilines is 2. The number of thioether (sulfide) groups is 1. The number of nitrogens with zero attached hydrogens (tertiary/aromatic N) is 2. The van der Waals surface area contributed by atoms with Gasteiger partial charge < -0.3 is 15.8 Å². The lowest BCUT2D eigenvalue weighted by Gasteiger charge is -2.22. The highest BCUT2D eigenvalue weighted by molar-refractivity contribution is 7.98. The maximum absolute atomic E-state index is 9.06. The minimum atomic E-state index is 0.151. The van der Waals surface area contributed by atoms with Crippen molar-refractivity contribution in [3.63, 3.8) is 0 Å². The fourth-order valence-electron chi connectivity index (χ4n) is 1.57. The third-order valence-corrected chi connectivity index (χ3v) is 3.16. The van der Waals surface area contributed by atoms with Gasteiger partial charge in [0.2, 0.25) is 0 Å².